The minimum Gasteiger partial charge on any atom is -0.481 e. The first-order valence-electron chi connectivity index (χ1n) is 6.01. The average Bonchev–Trinajstić information content (AvgIpc) is 2.43. The molecule has 2 amide bonds. The molecule has 0 atom stereocenters. The van der Waals surface area contributed by atoms with E-state index in [1.807, 2.05) is 18.2 Å². The number of nitrogens with one attached hydrogen (secondary N) is 2. The number of rotatable bonds is 7. The van der Waals surface area contributed by atoms with Crippen molar-refractivity contribution >= 4 is 12.0 Å². The first-order chi connectivity index (χ1) is 9.63. The van der Waals surface area contributed by atoms with E-state index in [1.165, 1.54) is 0 Å². The third-order valence-corrected chi connectivity index (χ3v) is 2.35. The van der Waals surface area contributed by atoms with Gasteiger partial charge in [-0.1, -0.05) is 24.1 Å². The quantitative estimate of drug-likeness (QED) is 0.648. The number of carbonyl (C=O) groups excluding carboxylic acids is 1. The first kappa shape index (κ1) is 15.4. The van der Waals surface area contributed by atoms with E-state index < -0.39 is 12.0 Å². The standard InChI is InChI=1S/C14H16N2O4/c1-2-9-20-12-6-4-3-5-11(12)10-16-14(19)15-8-7-13(17)18/h1,3-6H,7-10H2,(H,17,18)(H2,15,16,19). The maximum Gasteiger partial charge on any atom is 0.315 e. The van der Waals surface area contributed by atoms with E-state index in [0.717, 1.165) is 5.56 Å². The van der Waals surface area contributed by atoms with Crippen molar-refractivity contribution in [2.24, 2.45) is 0 Å². The molecule has 0 heterocycles. The van der Waals surface area contributed by atoms with Gasteiger partial charge in [0.25, 0.3) is 0 Å². The number of hydrogen-bond acceptors (Lipinski definition) is 3. The molecule has 0 aliphatic heterocycles. The van der Waals surface area contributed by atoms with E-state index in [9.17, 15) is 9.59 Å². The van der Waals surface area contributed by atoms with Crippen LogP contribution in [0.5, 0.6) is 5.75 Å². The van der Waals surface area contributed by atoms with E-state index in [4.69, 9.17) is 16.3 Å². The van der Waals surface area contributed by atoms with E-state index in [1.54, 1.807) is 6.07 Å². The van der Waals surface area contributed by atoms with Crippen molar-refractivity contribution < 1.29 is 19.4 Å². The van der Waals surface area contributed by atoms with Gasteiger partial charge in [0.1, 0.15) is 12.4 Å². The van der Waals surface area contributed by atoms with Crippen LogP contribution < -0.4 is 15.4 Å². The highest BCUT2D eigenvalue weighted by atomic mass is 16.5. The molecule has 1 rings (SSSR count). The Hall–Kier alpha value is -2.68. The molecule has 6 heteroatoms. The second kappa shape index (κ2) is 8.43. The Morgan fingerprint density at radius 3 is 2.75 bits per heavy atom. The van der Waals surface area contributed by atoms with Crippen LogP contribution in [0.1, 0.15) is 12.0 Å². The monoisotopic (exact) mass is 276 g/mol. The molecule has 6 nitrogen and oxygen atoms in total. The predicted octanol–water partition coefficient (Wildman–Crippen LogP) is 0.972. The molecule has 106 valence electrons. The summed E-state index contributed by atoms with van der Waals surface area (Å²) in [6, 6.07) is 6.77. The predicted molar refractivity (Wildman–Crippen MR) is 73.3 cm³/mol. The summed E-state index contributed by atoms with van der Waals surface area (Å²) in [5.74, 6) is 2.02. The Morgan fingerprint density at radius 1 is 1.30 bits per heavy atom. The second-order valence-corrected chi connectivity index (χ2v) is 3.85. The minimum atomic E-state index is -0.960. The number of carboxylic acid groups (broad SMARTS) is 1. The van der Waals surface area contributed by atoms with Crippen LogP contribution in [0.4, 0.5) is 4.79 Å². The Balaban J connectivity index is 2.43. The van der Waals surface area contributed by atoms with Gasteiger partial charge in [-0.15, -0.1) is 6.42 Å². The topological polar surface area (TPSA) is 87.7 Å². The summed E-state index contributed by atoms with van der Waals surface area (Å²) >= 11 is 0. The molecule has 3 N–H and O–H groups in total. The molecule has 0 unspecified atom stereocenters. The van der Waals surface area contributed by atoms with Gasteiger partial charge in [0.05, 0.1) is 6.42 Å². The van der Waals surface area contributed by atoms with Gasteiger partial charge in [0.2, 0.25) is 0 Å². The Morgan fingerprint density at radius 2 is 2.05 bits per heavy atom. The van der Waals surface area contributed by atoms with E-state index >= 15 is 0 Å². The van der Waals surface area contributed by atoms with Crippen molar-refractivity contribution in [3.63, 3.8) is 0 Å². The number of hydrogen-bond donors (Lipinski definition) is 3. The van der Waals surface area contributed by atoms with Crippen molar-refractivity contribution in [2.75, 3.05) is 13.2 Å². The van der Waals surface area contributed by atoms with Gasteiger partial charge >= 0.3 is 12.0 Å². The fourth-order valence-electron chi connectivity index (χ4n) is 1.43. The number of aliphatic carboxylic acids is 1. The van der Waals surface area contributed by atoms with E-state index in [-0.39, 0.29) is 26.1 Å². The number of carboxylic acids is 1. The lowest BCUT2D eigenvalue weighted by molar-refractivity contribution is -0.136. The van der Waals surface area contributed by atoms with Gasteiger partial charge in [-0.05, 0) is 6.07 Å². The summed E-state index contributed by atoms with van der Waals surface area (Å²) in [7, 11) is 0. The summed E-state index contributed by atoms with van der Waals surface area (Å²) in [5, 5.41) is 13.5. The highest BCUT2D eigenvalue weighted by Crippen LogP contribution is 2.17. The first-order valence-corrected chi connectivity index (χ1v) is 6.01. The summed E-state index contributed by atoms with van der Waals surface area (Å²) < 4.78 is 5.35. The van der Waals surface area contributed by atoms with Gasteiger partial charge in [-0.2, -0.15) is 0 Å². The molecular formula is C14H16N2O4. The summed E-state index contributed by atoms with van der Waals surface area (Å²) in [6.07, 6.45) is 5.01. The Labute approximate surface area is 117 Å². The highest BCUT2D eigenvalue weighted by molar-refractivity contribution is 5.75. The van der Waals surface area contributed by atoms with Crippen molar-refractivity contribution in [1.29, 1.82) is 0 Å². The van der Waals surface area contributed by atoms with Crippen molar-refractivity contribution in [3.05, 3.63) is 29.8 Å². The number of benzene rings is 1. The minimum absolute atomic E-state index is 0.0798. The van der Waals surface area contributed by atoms with Crippen LogP contribution in [0.15, 0.2) is 24.3 Å². The molecule has 0 bridgehead atoms. The van der Waals surface area contributed by atoms with Crippen LogP contribution in [0, 0.1) is 12.3 Å². The SMILES string of the molecule is C#CCOc1ccccc1CNC(=O)NCCC(=O)O. The summed E-state index contributed by atoms with van der Waals surface area (Å²) in [4.78, 5) is 21.7. The summed E-state index contributed by atoms with van der Waals surface area (Å²) in [5.41, 5.74) is 0.788. The lowest BCUT2D eigenvalue weighted by atomic mass is 10.2. The van der Waals surface area contributed by atoms with Crippen molar-refractivity contribution in [1.82, 2.24) is 10.6 Å². The molecular weight excluding hydrogens is 260 g/mol. The zero-order chi connectivity index (χ0) is 14.8. The van der Waals surface area contributed by atoms with Crippen LogP contribution in [-0.4, -0.2) is 30.3 Å². The third kappa shape index (κ3) is 5.78. The van der Waals surface area contributed by atoms with Gasteiger partial charge in [0, 0.05) is 18.7 Å². The van der Waals surface area contributed by atoms with Gasteiger partial charge in [0.15, 0.2) is 0 Å². The average molecular weight is 276 g/mol. The molecule has 1 aromatic rings. The zero-order valence-electron chi connectivity index (χ0n) is 10.9. The van der Waals surface area contributed by atoms with Gasteiger partial charge in [-0.3, -0.25) is 4.79 Å². The number of urea groups is 1. The number of carbonyl (C=O) groups is 2. The number of terminal acetylenes is 1. The van der Waals surface area contributed by atoms with Crippen LogP contribution >= 0.6 is 0 Å². The molecule has 0 aliphatic rings. The molecule has 0 radical (unpaired) electrons. The lowest BCUT2D eigenvalue weighted by Crippen LogP contribution is -2.36. The lowest BCUT2D eigenvalue weighted by Gasteiger charge is -2.11. The maximum atomic E-state index is 11.4. The van der Waals surface area contributed by atoms with E-state index in [0.29, 0.717) is 5.75 Å². The molecule has 0 spiro atoms. The molecule has 20 heavy (non-hydrogen) atoms. The highest BCUT2D eigenvalue weighted by Gasteiger charge is 2.05. The number of amides is 2. The third-order valence-electron chi connectivity index (χ3n) is 2.35. The molecule has 0 aliphatic carbocycles. The normalized spacial score (nSPS) is 9.35. The molecule has 1 aromatic carbocycles. The largest absolute Gasteiger partial charge is 0.481 e. The van der Waals surface area contributed by atoms with Crippen molar-refractivity contribution in [2.45, 2.75) is 13.0 Å². The van der Waals surface area contributed by atoms with Crippen LogP contribution in [0.3, 0.4) is 0 Å². The molecule has 0 saturated heterocycles. The number of ether oxygens (including phenoxy) is 1. The zero-order valence-corrected chi connectivity index (χ0v) is 10.9. The maximum absolute atomic E-state index is 11.4. The van der Waals surface area contributed by atoms with Crippen LogP contribution in [0.2, 0.25) is 0 Å². The number of para-hydroxylation sites is 1. The molecule has 0 aromatic heterocycles. The van der Waals surface area contributed by atoms with Crippen LogP contribution in [-0.2, 0) is 11.3 Å². The Bertz CT molecular complexity index is 508. The van der Waals surface area contributed by atoms with Crippen molar-refractivity contribution in [3.8, 4) is 18.1 Å². The fraction of sp³-hybridized carbons (Fsp3) is 0.286. The smallest absolute Gasteiger partial charge is 0.315 e. The molecule has 0 saturated carbocycles. The second-order valence-electron chi connectivity index (χ2n) is 3.85. The van der Waals surface area contributed by atoms with Gasteiger partial charge < -0.3 is 20.5 Å². The Kier molecular flexibility index (Phi) is 6.48. The summed E-state index contributed by atoms with van der Waals surface area (Å²) in [6.45, 7) is 0.498. The van der Waals surface area contributed by atoms with E-state index in [2.05, 4.69) is 16.6 Å². The van der Waals surface area contributed by atoms with Gasteiger partial charge in [-0.25, -0.2) is 4.79 Å². The molecule has 0 fully saturated rings. The fourth-order valence-corrected chi connectivity index (χ4v) is 1.43. The van der Waals surface area contributed by atoms with Crippen LogP contribution in [0.25, 0.3) is 0 Å².